The van der Waals surface area contributed by atoms with E-state index in [4.69, 9.17) is 0 Å². The summed E-state index contributed by atoms with van der Waals surface area (Å²) in [5.41, 5.74) is 1.36. The van der Waals surface area contributed by atoms with Crippen LogP contribution in [0.3, 0.4) is 0 Å². The molecule has 0 fully saturated rings. The average molecular weight is 233 g/mol. The van der Waals surface area contributed by atoms with Gasteiger partial charge in [0, 0.05) is 11.9 Å². The predicted molar refractivity (Wildman–Crippen MR) is 65.7 cm³/mol. The molecule has 1 aromatic carbocycles. The Morgan fingerprint density at radius 3 is 2.38 bits per heavy atom. The molecule has 0 saturated heterocycles. The van der Waals surface area contributed by atoms with Gasteiger partial charge in [0.2, 0.25) is 0 Å². The van der Waals surface area contributed by atoms with Gasteiger partial charge in [-0.2, -0.15) is 0 Å². The lowest BCUT2D eigenvalue weighted by atomic mass is 10.0. The van der Waals surface area contributed by atoms with Crippen molar-refractivity contribution in [1.29, 1.82) is 0 Å². The highest BCUT2D eigenvalue weighted by molar-refractivity contribution is 7.99. The van der Waals surface area contributed by atoms with E-state index >= 15 is 0 Å². The molecule has 4 heteroatoms. The topological polar surface area (TPSA) is 30.7 Å². The maximum Gasteiger partial charge on any atom is 0.195 e. The van der Waals surface area contributed by atoms with Gasteiger partial charge in [-0.1, -0.05) is 26.0 Å². The molecule has 0 radical (unpaired) electrons. The molecule has 0 spiro atoms. The van der Waals surface area contributed by atoms with Crippen LogP contribution in [0.4, 0.5) is 0 Å². The fourth-order valence-corrected chi connectivity index (χ4v) is 2.15. The summed E-state index contributed by atoms with van der Waals surface area (Å²) in [7, 11) is 1.95. The third kappa shape index (κ3) is 2.44. The third-order valence-corrected chi connectivity index (χ3v) is 3.49. The number of hydrogen-bond acceptors (Lipinski definition) is 3. The zero-order valence-corrected chi connectivity index (χ0v) is 10.5. The summed E-state index contributed by atoms with van der Waals surface area (Å²) in [5.74, 6) is 0.578. The van der Waals surface area contributed by atoms with Crippen LogP contribution in [0, 0.1) is 0 Å². The van der Waals surface area contributed by atoms with E-state index < -0.39 is 0 Å². The van der Waals surface area contributed by atoms with Crippen LogP contribution in [0.5, 0.6) is 0 Å². The molecule has 0 saturated carbocycles. The fourth-order valence-electron chi connectivity index (χ4n) is 1.39. The first-order valence-corrected chi connectivity index (χ1v) is 6.10. The minimum atomic E-state index is 0.578. The summed E-state index contributed by atoms with van der Waals surface area (Å²) in [6.45, 7) is 4.40. The fraction of sp³-hybridized carbons (Fsp3) is 0.333. The first-order chi connectivity index (χ1) is 7.66. The Morgan fingerprint density at radius 1 is 1.19 bits per heavy atom. The maximum absolute atomic E-state index is 4.04. The first kappa shape index (κ1) is 11.2. The molecule has 0 atom stereocenters. The van der Waals surface area contributed by atoms with E-state index in [9.17, 15) is 0 Å². The number of benzene rings is 1. The van der Waals surface area contributed by atoms with Gasteiger partial charge < -0.3 is 4.57 Å². The van der Waals surface area contributed by atoms with Gasteiger partial charge in [0.1, 0.15) is 6.33 Å². The molecule has 1 aromatic heterocycles. The molecule has 16 heavy (non-hydrogen) atoms. The lowest BCUT2D eigenvalue weighted by Gasteiger charge is -2.06. The van der Waals surface area contributed by atoms with Gasteiger partial charge in [-0.25, -0.2) is 0 Å². The van der Waals surface area contributed by atoms with Crippen molar-refractivity contribution < 1.29 is 0 Å². The Hall–Kier alpha value is -1.29. The zero-order valence-electron chi connectivity index (χ0n) is 9.71. The van der Waals surface area contributed by atoms with Crippen molar-refractivity contribution in [3.05, 3.63) is 36.2 Å². The lowest BCUT2D eigenvalue weighted by molar-refractivity contribution is 0.788. The van der Waals surface area contributed by atoms with E-state index in [1.165, 1.54) is 10.5 Å². The van der Waals surface area contributed by atoms with Gasteiger partial charge in [-0.05, 0) is 35.4 Å². The molecule has 3 nitrogen and oxygen atoms in total. The molecular weight excluding hydrogens is 218 g/mol. The van der Waals surface area contributed by atoms with Crippen LogP contribution in [0.15, 0.2) is 40.6 Å². The standard InChI is InChI=1S/C12H15N3S/c1-9(2)10-4-6-11(7-5-10)16-12-14-13-8-15(12)3/h4-9H,1-3H3. The van der Waals surface area contributed by atoms with Gasteiger partial charge in [0.25, 0.3) is 0 Å². The van der Waals surface area contributed by atoms with Crippen LogP contribution in [0.25, 0.3) is 0 Å². The average Bonchev–Trinajstić information content (AvgIpc) is 2.65. The summed E-state index contributed by atoms with van der Waals surface area (Å²) >= 11 is 1.63. The van der Waals surface area contributed by atoms with Crippen LogP contribution in [0.2, 0.25) is 0 Å². The number of aryl methyl sites for hydroxylation is 1. The normalized spacial score (nSPS) is 11.0. The number of hydrogen-bond donors (Lipinski definition) is 0. The van der Waals surface area contributed by atoms with Crippen LogP contribution < -0.4 is 0 Å². The molecule has 2 rings (SSSR count). The Kier molecular flexibility index (Phi) is 3.29. The Labute approximate surface area is 99.9 Å². The van der Waals surface area contributed by atoms with Crippen molar-refractivity contribution in [1.82, 2.24) is 14.8 Å². The predicted octanol–water partition coefficient (Wildman–Crippen LogP) is 3.09. The van der Waals surface area contributed by atoms with E-state index in [-0.39, 0.29) is 0 Å². The van der Waals surface area contributed by atoms with Gasteiger partial charge >= 0.3 is 0 Å². The van der Waals surface area contributed by atoms with Crippen molar-refractivity contribution in [3.8, 4) is 0 Å². The van der Waals surface area contributed by atoms with E-state index in [1.54, 1.807) is 18.1 Å². The monoisotopic (exact) mass is 233 g/mol. The maximum atomic E-state index is 4.04. The smallest absolute Gasteiger partial charge is 0.195 e. The van der Waals surface area contributed by atoms with Crippen molar-refractivity contribution in [2.45, 2.75) is 29.8 Å². The highest BCUT2D eigenvalue weighted by Gasteiger charge is 2.04. The van der Waals surface area contributed by atoms with Crippen molar-refractivity contribution >= 4 is 11.8 Å². The minimum absolute atomic E-state index is 0.578. The molecule has 0 amide bonds. The van der Waals surface area contributed by atoms with E-state index in [2.05, 4.69) is 48.3 Å². The van der Waals surface area contributed by atoms with Crippen LogP contribution in [0.1, 0.15) is 25.3 Å². The lowest BCUT2D eigenvalue weighted by Crippen LogP contribution is -1.89. The largest absolute Gasteiger partial charge is 0.311 e. The molecule has 0 unspecified atom stereocenters. The second kappa shape index (κ2) is 4.70. The Balaban J connectivity index is 2.14. The molecule has 0 bridgehead atoms. The van der Waals surface area contributed by atoms with Crippen LogP contribution in [-0.2, 0) is 7.05 Å². The summed E-state index contributed by atoms with van der Waals surface area (Å²) < 4.78 is 1.92. The number of aromatic nitrogens is 3. The Morgan fingerprint density at radius 2 is 1.88 bits per heavy atom. The first-order valence-electron chi connectivity index (χ1n) is 5.28. The van der Waals surface area contributed by atoms with Gasteiger partial charge in [-0.3, -0.25) is 0 Å². The Bertz CT molecular complexity index is 459. The SMILES string of the molecule is CC(C)c1ccc(Sc2nncn2C)cc1. The van der Waals surface area contributed by atoms with E-state index in [0.29, 0.717) is 5.92 Å². The van der Waals surface area contributed by atoms with Gasteiger partial charge in [-0.15, -0.1) is 10.2 Å². The molecule has 0 aliphatic heterocycles. The molecule has 84 valence electrons. The molecule has 0 aliphatic rings. The highest BCUT2D eigenvalue weighted by Crippen LogP contribution is 2.26. The second-order valence-corrected chi connectivity index (χ2v) is 5.09. The summed E-state index contributed by atoms with van der Waals surface area (Å²) in [6, 6.07) is 8.61. The number of rotatable bonds is 3. The van der Waals surface area contributed by atoms with Crippen LogP contribution in [-0.4, -0.2) is 14.8 Å². The minimum Gasteiger partial charge on any atom is -0.311 e. The second-order valence-electron chi connectivity index (χ2n) is 4.05. The number of nitrogens with zero attached hydrogens (tertiary/aromatic N) is 3. The van der Waals surface area contributed by atoms with Gasteiger partial charge in [0.15, 0.2) is 5.16 Å². The highest BCUT2D eigenvalue weighted by atomic mass is 32.2. The van der Waals surface area contributed by atoms with Crippen molar-refractivity contribution in [2.75, 3.05) is 0 Å². The van der Waals surface area contributed by atoms with Crippen LogP contribution >= 0.6 is 11.8 Å². The summed E-state index contributed by atoms with van der Waals surface area (Å²) in [4.78, 5) is 1.19. The third-order valence-electron chi connectivity index (χ3n) is 2.43. The summed E-state index contributed by atoms with van der Waals surface area (Å²) in [5, 5.41) is 8.81. The molecule has 2 aromatic rings. The van der Waals surface area contributed by atoms with Crippen molar-refractivity contribution in [2.24, 2.45) is 7.05 Å². The molecule has 1 heterocycles. The molecule has 0 N–H and O–H groups in total. The van der Waals surface area contributed by atoms with E-state index in [1.807, 2.05) is 11.6 Å². The summed E-state index contributed by atoms with van der Waals surface area (Å²) in [6.07, 6.45) is 1.71. The van der Waals surface area contributed by atoms with E-state index in [0.717, 1.165) is 5.16 Å². The quantitative estimate of drug-likeness (QED) is 0.816. The van der Waals surface area contributed by atoms with Gasteiger partial charge in [0.05, 0.1) is 0 Å². The zero-order chi connectivity index (χ0) is 11.5. The molecular formula is C12H15N3S. The van der Waals surface area contributed by atoms with Crippen molar-refractivity contribution in [3.63, 3.8) is 0 Å². The molecule has 0 aliphatic carbocycles.